The lowest BCUT2D eigenvalue weighted by atomic mass is 9.90. The third-order valence-electron chi connectivity index (χ3n) is 16.4. The van der Waals surface area contributed by atoms with Crippen LogP contribution in [0.2, 0.25) is 0 Å². The van der Waals surface area contributed by atoms with Crippen molar-refractivity contribution in [1.29, 1.82) is 0 Å². The molecule has 16 heteroatoms. The van der Waals surface area contributed by atoms with Gasteiger partial charge in [-0.25, -0.2) is 19.2 Å². The predicted octanol–water partition coefficient (Wildman–Crippen LogP) is 20.3. The van der Waals surface area contributed by atoms with Crippen LogP contribution in [0.4, 0.5) is 41.9 Å². The van der Waals surface area contributed by atoms with Crippen molar-refractivity contribution in [3.8, 4) is 46.0 Å². The topological polar surface area (TPSA) is 190 Å². The van der Waals surface area contributed by atoms with Crippen molar-refractivity contribution in [3.63, 3.8) is 0 Å². The maximum atomic E-state index is 14.2. The molecule has 9 rings (SSSR count). The largest absolute Gasteiger partial charge is 0.493 e. The molecule has 8 bridgehead atoms. The number of benzene rings is 8. The lowest BCUT2D eigenvalue weighted by molar-refractivity contribution is 0.214. The Morgan fingerprint density at radius 2 is 0.458 bits per heavy atom. The molecule has 4 N–H and O–H groups in total. The number of fused-ring (bicyclic) bond motifs is 8. The van der Waals surface area contributed by atoms with Gasteiger partial charge in [0, 0.05) is 92.9 Å². The summed E-state index contributed by atoms with van der Waals surface area (Å²) in [4.78, 5) is 56.8. The summed E-state index contributed by atoms with van der Waals surface area (Å²) in [7, 11) is 0. The monoisotopic (exact) mass is 1300 g/mol. The minimum Gasteiger partial charge on any atom is -0.493 e. The molecule has 1 aliphatic rings. The number of hydrogen-bond acceptors (Lipinski definition) is 12. The standard InChI is InChI=1S/C80H92N4O12/c1-9-13-17-37-89-73-57-41-59-47-70(94-78(86)82-66-31-23-54(6)24-32-66)49-61(74(59)90-38-18-14-10-2)43-63-51-72(96-80(88)84-68-35-27-56(8)28-36-68)52-64(76(63)92-40-20-16-12-4)44-62-50-71(95-79(87)83-67-33-25-55(7)26-34-67)48-60(75(62)91-39-19-15-11-3)42-58(73)46-69(45-57)93-77(85)81-65-29-21-53(5)22-30-65/h21-36,45-52H,9-20,37-44H2,1-8H3,(H,81,85)(H,82,86)(H,83,87)(H,84,88). The Morgan fingerprint density at radius 1 is 0.281 bits per heavy atom. The van der Waals surface area contributed by atoms with Gasteiger partial charge in [-0.15, -0.1) is 0 Å². The van der Waals surface area contributed by atoms with Crippen LogP contribution in [0, 0.1) is 27.7 Å². The maximum absolute atomic E-state index is 14.2. The Morgan fingerprint density at radius 3 is 0.625 bits per heavy atom. The molecule has 4 amide bonds. The normalized spacial score (nSPS) is 11.6. The summed E-state index contributed by atoms with van der Waals surface area (Å²) in [5, 5.41) is 11.6. The van der Waals surface area contributed by atoms with Crippen molar-refractivity contribution in [2.45, 2.75) is 158 Å². The van der Waals surface area contributed by atoms with E-state index in [2.05, 4.69) is 49.0 Å². The molecule has 96 heavy (non-hydrogen) atoms. The van der Waals surface area contributed by atoms with E-state index in [1.165, 1.54) is 0 Å². The highest BCUT2D eigenvalue weighted by Gasteiger charge is 2.28. The highest BCUT2D eigenvalue weighted by Crippen LogP contribution is 2.44. The number of rotatable bonds is 28. The van der Waals surface area contributed by atoms with Crippen molar-refractivity contribution in [2.75, 3.05) is 47.7 Å². The summed E-state index contributed by atoms with van der Waals surface area (Å²) in [6.45, 7) is 17.9. The number of ether oxygens (including phenoxy) is 8. The number of unbranched alkanes of at least 4 members (excludes halogenated alkanes) is 8. The van der Waals surface area contributed by atoms with Crippen LogP contribution in [-0.2, 0) is 25.7 Å². The average Bonchev–Trinajstić information content (AvgIpc) is 0.825. The second-order valence-electron chi connectivity index (χ2n) is 24.7. The van der Waals surface area contributed by atoms with Gasteiger partial charge in [-0.05, 0) is 150 Å². The van der Waals surface area contributed by atoms with Crippen molar-refractivity contribution in [1.82, 2.24) is 0 Å². The molecule has 0 unspecified atom stereocenters. The summed E-state index contributed by atoms with van der Waals surface area (Å²) in [5.74, 6) is 3.01. The van der Waals surface area contributed by atoms with E-state index in [4.69, 9.17) is 37.9 Å². The lowest BCUT2D eigenvalue weighted by Gasteiger charge is -2.24. The number of aryl methyl sites for hydroxylation is 4. The molecular weight excluding hydrogens is 1210 g/mol. The van der Waals surface area contributed by atoms with Crippen molar-refractivity contribution in [3.05, 3.63) is 212 Å². The lowest BCUT2D eigenvalue weighted by Crippen LogP contribution is -2.18. The summed E-state index contributed by atoms with van der Waals surface area (Å²) in [6, 6.07) is 44.3. The van der Waals surface area contributed by atoms with Crippen LogP contribution in [0.15, 0.2) is 146 Å². The van der Waals surface area contributed by atoms with Gasteiger partial charge in [-0.3, -0.25) is 21.3 Å². The molecule has 0 saturated carbocycles. The van der Waals surface area contributed by atoms with E-state index in [9.17, 15) is 19.2 Å². The average molecular weight is 1300 g/mol. The number of carbonyl (C=O) groups excluding carboxylic acids is 4. The Balaban J connectivity index is 1.32. The molecule has 0 heterocycles. The molecule has 16 nitrogen and oxygen atoms in total. The minimum atomic E-state index is -0.714. The highest BCUT2D eigenvalue weighted by molar-refractivity contribution is 5.89. The van der Waals surface area contributed by atoms with E-state index in [0.29, 0.717) is 117 Å². The Kier molecular flexibility index (Phi) is 26.0. The Bertz CT molecular complexity index is 3300. The number of nitrogens with one attached hydrogen (secondary N) is 4. The van der Waals surface area contributed by atoms with E-state index >= 15 is 0 Å². The van der Waals surface area contributed by atoms with Crippen molar-refractivity contribution in [2.24, 2.45) is 0 Å². The molecule has 0 fully saturated rings. The van der Waals surface area contributed by atoms with Gasteiger partial charge in [0.15, 0.2) is 0 Å². The van der Waals surface area contributed by atoms with Crippen LogP contribution >= 0.6 is 0 Å². The van der Waals surface area contributed by atoms with Gasteiger partial charge in [-0.2, -0.15) is 0 Å². The van der Waals surface area contributed by atoms with Crippen LogP contribution in [0.3, 0.4) is 0 Å². The van der Waals surface area contributed by atoms with Gasteiger partial charge in [0.05, 0.1) is 26.4 Å². The van der Waals surface area contributed by atoms with Crippen LogP contribution in [-0.4, -0.2) is 50.8 Å². The molecule has 0 atom stereocenters. The fourth-order valence-electron chi connectivity index (χ4n) is 11.4. The zero-order valence-electron chi connectivity index (χ0n) is 56.9. The molecule has 0 aliphatic heterocycles. The molecule has 8 aromatic rings. The van der Waals surface area contributed by atoms with Gasteiger partial charge in [-0.1, -0.05) is 150 Å². The van der Waals surface area contributed by atoms with Crippen LogP contribution in [0.5, 0.6) is 46.0 Å². The van der Waals surface area contributed by atoms with Gasteiger partial charge in [0.2, 0.25) is 0 Å². The first-order valence-electron chi connectivity index (χ1n) is 34.0. The van der Waals surface area contributed by atoms with Crippen LogP contribution in [0.1, 0.15) is 172 Å². The van der Waals surface area contributed by atoms with Gasteiger partial charge < -0.3 is 37.9 Å². The molecule has 1 aliphatic carbocycles. The molecular formula is C80H92N4O12. The third-order valence-corrected chi connectivity index (χ3v) is 16.4. The van der Waals surface area contributed by atoms with Crippen LogP contribution < -0.4 is 59.2 Å². The van der Waals surface area contributed by atoms with E-state index in [1.807, 2.05) is 173 Å². The molecule has 0 aromatic heterocycles. The SMILES string of the molecule is CCCCCOc1c2cc(OC(=O)Nc3ccc(C)cc3)cc1Cc1cc(OC(=O)Nc3ccc(C)cc3)cc(c1OCCCCC)Cc1cc(OC(=O)Nc3ccc(C)cc3)cc(c1OCCCCC)Cc1cc(OC(=O)Nc3ccc(C)cc3)cc(c1OCCCCC)C2. The van der Waals surface area contributed by atoms with Crippen LogP contribution in [0.25, 0.3) is 0 Å². The van der Waals surface area contributed by atoms with Gasteiger partial charge in [0.1, 0.15) is 46.0 Å². The smallest absolute Gasteiger partial charge is 0.417 e. The zero-order chi connectivity index (χ0) is 67.8. The molecule has 0 spiro atoms. The number of carbonyl (C=O) groups is 4. The van der Waals surface area contributed by atoms with Crippen molar-refractivity contribution >= 4 is 47.1 Å². The first kappa shape index (κ1) is 70.4. The second kappa shape index (κ2) is 35.5. The first-order chi connectivity index (χ1) is 46.6. The van der Waals surface area contributed by atoms with Gasteiger partial charge >= 0.3 is 24.4 Å². The number of amides is 4. The molecule has 0 saturated heterocycles. The fourth-order valence-corrected chi connectivity index (χ4v) is 11.4. The number of hydrogen-bond donors (Lipinski definition) is 4. The fraction of sp³-hybridized carbons (Fsp3) is 0.350. The highest BCUT2D eigenvalue weighted by atomic mass is 16.6. The Labute approximate surface area is 565 Å². The molecule has 504 valence electrons. The number of anilines is 4. The maximum Gasteiger partial charge on any atom is 0.417 e. The molecule has 0 radical (unpaired) electrons. The summed E-state index contributed by atoms with van der Waals surface area (Å²) in [6.07, 6.45) is 8.02. The quantitative estimate of drug-likeness (QED) is 0.0340. The summed E-state index contributed by atoms with van der Waals surface area (Å²) < 4.78 is 53.6. The first-order valence-corrected chi connectivity index (χ1v) is 34.0. The van der Waals surface area contributed by atoms with E-state index in [0.717, 1.165) is 99.3 Å². The van der Waals surface area contributed by atoms with Crippen molar-refractivity contribution < 1.29 is 57.1 Å². The molecule has 8 aromatic carbocycles. The predicted molar refractivity (Wildman–Crippen MR) is 380 cm³/mol. The van der Waals surface area contributed by atoms with E-state index < -0.39 is 24.4 Å². The zero-order valence-corrected chi connectivity index (χ0v) is 56.9. The van der Waals surface area contributed by atoms with E-state index in [-0.39, 0.29) is 48.7 Å². The Hall–Kier alpha value is -9.96. The summed E-state index contributed by atoms with van der Waals surface area (Å²) >= 11 is 0. The van der Waals surface area contributed by atoms with Gasteiger partial charge in [0.25, 0.3) is 0 Å². The summed E-state index contributed by atoms with van der Waals surface area (Å²) in [5.41, 5.74) is 11.4. The minimum absolute atomic E-state index is 0.113. The van der Waals surface area contributed by atoms with E-state index in [1.54, 1.807) is 0 Å². The second-order valence-corrected chi connectivity index (χ2v) is 24.7. The third kappa shape index (κ3) is 21.0.